The molecule has 0 aromatic heterocycles. The fourth-order valence-corrected chi connectivity index (χ4v) is 2.57. The molecule has 3 N–H and O–H groups in total. The fraction of sp³-hybridized carbons (Fsp3) is 0.0455. The summed E-state index contributed by atoms with van der Waals surface area (Å²) >= 11 is 0. The Bertz CT molecular complexity index is 1120. The zero-order chi connectivity index (χ0) is 22.2. The standard InChI is InChI=1S/C22H17F2N3O4/c23-16-9-3-1-7-14(16)21(29)26-27-22(30)15-8-2-6-12-19(15)31-13-20(28)25-18-11-5-4-10-17(18)24/h1-12H,13H2,(H,25,28)(H,26,29)(H,27,30). The van der Waals surface area contributed by atoms with Crippen LogP contribution in [0.3, 0.4) is 0 Å². The first-order valence-corrected chi connectivity index (χ1v) is 9.07. The Hall–Kier alpha value is -4.27. The maximum Gasteiger partial charge on any atom is 0.273 e. The molecule has 9 heteroatoms. The second-order valence-electron chi connectivity index (χ2n) is 6.20. The minimum Gasteiger partial charge on any atom is -0.483 e. The summed E-state index contributed by atoms with van der Waals surface area (Å²) in [5.74, 6) is -3.49. The Balaban J connectivity index is 1.60. The van der Waals surface area contributed by atoms with Gasteiger partial charge >= 0.3 is 0 Å². The van der Waals surface area contributed by atoms with Gasteiger partial charge in [-0.2, -0.15) is 0 Å². The molecule has 0 saturated heterocycles. The molecule has 0 heterocycles. The molecule has 0 unspecified atom stereocenters. The number of hydrazine groups is 1. The second kappa shape index (κ2) is 9.97. The second-order valence-corrected chi connectivity index (χ2v) is 6.20. The molecular formula is C22H17F2N3O4. The number of nitrogens with one attached hydrogen (secondary N) is 3. The smallest absolute Gasteiger partial charge is 0.273 e. The van der Waals surface area contributed by atoms with Crippen LogP contribution in [0.15, 0.2) is 72.8 Å². The van der Waals surface area contributed by atoms with Crippen LogP contribution in [-0.2, 0) is 4.79 Å². The molecule has 3 aromatic rings. The molecule has 0 bridgehead atoms. The highest BCUT2D eigenvalue weighted by Crippen LogP contribution is 2.18. The van der Waals surface area contributed by atoms with E-state index in [-0.39, 0.29) is 22.6 Å². The molecule has 0 atom stereocenters. The summed E-state index contributed by atoms with van der Waals surface area (Å²) in [6.07, 6.45) is 0. The lowest BCUT2D eigenvalue weighted by Crippen LogP contribution is -2.42. The fourth-order valence-electron chi connectivity index (χ4n) is 2.57. The van der Waals surface area contributed by atoms with Crippen molar-refractivity contribution in [2.45, 2.75) is 0 Å². The number of para-hydroxylation sites is 2. The van der Waals surface area contributed by atoms with Crippen LogP contribution in [0.2, 0.25) is 0 Å². The van der Waals surface area contributed by atoms with Crippen LogP contribution in [0.5, 0.6) is 5.75 Å². The Morgan fingerprint density at radius 3 is 1.94 bits per heavy atom. The predicted octanol–water partition coefficient (Wildman–Crippen LogP) is 3.06. The van der Waals surface area contributed by atoms with Gasteiger partial charge in [0.25, 0.3) is 17.7 Å². The van der Waals surface area contributed by atoms with Crippen molar-refractivity contribution in [2.75, 3.05) is 11.9 Å². The van der Waals surface area contributed by atoms with E-state index in [2.05, 4.69) is 16.2 Å². The van der Waals surface area contributed by atoms with Gasteiger partial charge in [-0.1, -0.05) is 36.4 Å². The summed E-state index contributed by atoms with van der Waals surface area (Å²) in [6, 6.07) is 16.9. The molecule has 0 aliphatic heterocycles. The van der Waals surface area contributed by atoms with Crippen LogP contribution < -0.4 is 20.9 Å². The Morgan fingerprint density at radius 1 is 0.710 bits per heavy atom. The third-order valence-electron chi connectivity index (χ3n) is 4.05. The number of carbonyl (C=O) groups excluding carboxylic acids is 3. The van der Waals surface area contributed by atoms with Crippen molar-refractivity contribution in [1.82, 2.24) is 10.9 Å². The normalized spacial score (nSPS) is 10.1. The van der Waals surface area contributed by atoms with E-state index in [0.29, 0.717) is 0 Å². The average Bonchev–Trinajstić information content (AvgIpc) is 2.78. The van der Waals surface area contributed by atoms with Crippen molar-refractivity contribution >= 4 is 23.4 Å². The van der Waals surface area contributed by atoms with E-state index in [1.165, 1.54) is 48.5 Å². The third-order valence-corrected chi connectivity index (χ3v) is 4.05. The molecule has 0 fully saturated rings. The van der Waals surface area contributed by atoms with Gasteiger partial charge in [0.1, 0.15) is 17.4 Å². The molecule has 0 saturated carbocycles. The van der Waals surface area contributed by atoms with Gasteiger partial charge in [-0.05, 0) is 36.4 Å². The Morgan fingerprint density at radius 2 is 1.26 bits per heavy atom. The lowest BCUT2D eigenvalue weighted by Gasteiger charge is -2.12. The molecule has 0 spiro atoms. The first-order chi connectivity index (χ1) is 15.0. The number of carbonyl (C=O) groups is 3. The number of halogens is 2. The van der Waals surface area contributed by atoms with Crippen molar-refractivity contribution in [3.63, 3.8) is 0 Å². The maximum absolute atomic E-state index is 13.7. The number of rotatable bonds is 6. The summed E-state index contributed by atoms with van der Waals surface area (Å²) in [7, 11) is 0. The zero-order valence-corrected chi connectivity index (χ0v) is 16.0. The number of benzene rings is 3. The van der Waals surface area contributed by atoms with Gasteiger partial charge < -0.3 is 10.1 Å². The van der Waals surface area contributed by atoms with Crippen molar-refractivity contribution < 1.29 is 27.9 Å². The van der Waals surface area contributed by atoms with E-state index in [1.54, 1.807) is 18.2 Å². The molecule has 0 aliphatic carbocycles. The zero-order valence-electron chi connectivity index (χ0n) is 16.0. The highest BCUT2D eigenvalue weighted by atomic mass is 19.1. The van der Waals surface area contributed by atoms with Gasteiger partial charge in [0.05, 0.1) is 16.8 Å². The minimum absolute atomic E-state index is 0.00187. The van der Waals surface area contributed by atoms with Crippen molar-refractivity contribution in [3.8, 4) is 5.75 Å². The molecule has 158 valence electrons. The minimum atomic E-state index is -0.839. The van der Waals surface area contributed by atoms with Gasteiger partial charge in [-0.3, -0.25) is 25.2 Å². The third kappa shape index (κ3) is 5.63. The maximum atomic E-state index is 13.7. The van der Waals surface area contributed by atoms with Crippen LogP contribution in [0.1, 0.15) is 20.7 Å². The molecule has 3 aromatic carbocycles. The van der Waals surface area contributed by atoms with Crippen LogP contribution >= 0.6 is 0 Å². The molecule has 0 aliphatic rings. The van der Waals surface area contributed by atoms with Crippen LogP contribution in [0, 0.1) is 11.6 Å². The Labute approximate surface area is 176 Å². The topological polar surface area (TPSA) is 96.5 Å². The van der Waals surface area contributed by atoms with Gasteiger partial charge in [-0.25, -0.2) is 8.78 Å². The van der Waals surface area contributed by atoms with Crippen molar-refractivity contribution in [1.29, 1.82) is 0 Å². The summed E-state index contributed by atoms with van der Waals surface area (Å²) in [5, 5.41) is 2.36. The van der Waals surface area contributed by atoms with E-state index < -0.39 is 36.0 Å². The lowest BCUT2D eigenvalue weighted by molar-refractivity contribution is -0.118. The molecule has 7 nitrogen and oxygen atoms in total. The molecular weight excluding hydrogens is 408 g/mol. The average molecular weight is 425 g/mol. The van der Waals surface area contributed by atoms with E-state index in [0.717, 1.165) is 6.07 Å². The SMILES string of the molecule is O=C(COc1ccccc1C(=O)NNC(=O)c1ccccc1F)Nc1ccccc1F. The van der Waals surface area contributed by atoms with Gasteiger partial charge in [0.2, 0.25) is 0 Å². The predicted molar refractivity (Wildman–Crippen MR) is 108 cm³/mol. The highest BCUT2D eigenvalue weighted by Gasteiger charge is 2.16. The summed E-state index contributed by atoms with van der Waals surface area (Å²) in [4.78, 5) is 36.5. The lowest BCUT2D eigenvalue weighted by atomic mass is 10.2. The summed E-state index contributed by atoms with van der Waals surface area (Å²) in [5.41, 5.74) is 4.06. The van der Waals surface area contributed by atoms with E-state index >= 15 is 0 Å². The van der Waals surface area contributed by atoms with E-state index in [4.69, 9.17) is 4.74 Å². The van der Waals surface area contributed by atoms with Crippen LogP contribution in [0.4, 0.5) is 14.5 Å². The van der Waals surface area contributed by atoms with Gasteiger partial charge in [0.15, 0.2) is 6.61 Å². The molecule has 0 radical (unpaired) electrons. The molecule has 31 heavy (non-hydrogen) atoms. The summed E-state index contributed by atoms with van der Waals surface area (Å²) in [6.45, 7) is -0.486. The summed E-state index contributed by atoms with van der Waals surface area (Å²) < 4.78 is 32.6. The number of hydrogen-bond donors (Lipinski definition) is 3. The van der Waals surface area contributed by atoms with Gasteiger partial charge in [0, 0.05) is 0 Å². The van der Waals surface area contributed by atoms with Crippen molar-refractivity contribution in [2.24, 2.45) is 0 Å². The first-order valence-electron chi connectivity index (χ1n) is 9.07. The van der Waals surface area contributed by atoms with E-state index in [1.807, 2.05) is 0 Å². The monoisotopic (exact) mass is 425 g/mol. The van der Waals surface area contributed by atoms with Crippen LogP contribution in [0.25, 0.3) is 0 Å². The number of ether oxygens (including phenoxy) is 1. The number of anilines is 1. The highest BCUT2D eigenvalue weighted by molar-refractivity contribution is 6.00. The largest absolute Gasteiger partial charge is 0.483 e. The van der Waals surface area contributed by atoms with Crippen LogP contribution in [-0.4, -0.2) is 24.3 Å². The van der Waals surface area contributed by atoms with Gasteiger partial charge in [-0.15, -0.1) is 0 Å². The van der Waals surface area contributed by atoms with E-state index in [9.17, 15) is 23.2 Å². The van der Waals surface area contributed by atoms with Crippen molar-refractivity contribution in [3.05, 3.63) is 95.6 Å². The number of amides is 3. The number of hydrogen-bond acceptors (Lipinski definition) is 4. The quantitative estimate of drug-likeness (QED) is 0.529. The first kappa shape index (κ1) is 21.4. The Kier molecular flexibility index (Phi) is 6.89. The molecule has 3 rings (SSSR count). The molecule has 3 amide bonds.